The van der Waals surface area contributed by atoms with Crippen LogP contribution < -0.4 is 12.3 Å². The predicted octanol–water partition coefficient (Wildman–Crippen LogP) is 8.54. The Balaban J connectivity index is -0.00000200. The normalized spacial score (nSPS) is 10.5. The van der Waals surface area contributed by atoms with Crippen LogP contribution in [-0.2, 0) is 0 Å². The molecule has 0 amide bonds. The predicted molar refractivity (Wildman–Crippen MR) is 109 cm³/mol. The molecule has 23 heavy (non-hydrogen) atoms. The highest BCUT2D eigenvalue weighted by atomic mass is 14.0. The average Bonchev–Trinajstić information content (AvgIpc) is 2.50. The van der Waals surface area contributed by atoms with Crippen molar-refractivity contribution in [2.45, 2.75) is 123 Å². The van der Waals surface area contributed by atoms with Crippen molar-refractivity contribution in [1.82, 2.24) is 12.3 Å². The van der Waals surface area contributed by atoms with Crippen molar-refractivity contribution in [3.8, 4) is 0 Å². The fourth-order valence-electron chi connectivity index (χ4n) is 2.98. The zero-order chi connectivity index (χ0) is 15.4. The van der Waals surface area contributed by atoms with Crippen molar-refractivity contribution in [2.75, 3.05) is 0 Å². The van der Waals surface area contributed by atoms with Gasteiger partial charge in [0, 0.05) is 0 Å². The molecular weight excluding hydrogens is 280 g/mol. The lowest BCUT2D eigenvalue weighted by atomic mass is 10.0. The van der Waals surface area contributed by atoms with Gasteiger partial charge in [-0.1, -0.05) is 115 Å². The second-order valence-corrected chi connectivity index (χ2v) is 6.66. The van der Waals surface area contributed by atoms with Gasteiger partial charge in [-0.3, -0.25) is 0 Å². The molecule has 0 aliphatic carbocycles. The molecule has 142 valence electrons. The molecule has 0 aromatic rings. The fourth-order valence-corrected chi connectivity index (χ4v) is 2.98. The summed E-state index contributed by atoms with van der Waals surface area (Å²) in [6.07, 6.45) is 29.1. The van der Waals surface area contributed by atoms with Crippen LogP contribution in [0.1, 0.15) is 123 Å². The molecule has 0 saturated carbocycles. The summed E-state index contributed by atoms with van der Waals surface area (Å²) in [5.74, 6) is 0. The maximum absolute atomic E-state index is 2.30. The first kappa shape index (κ1) is 27.5. The number of rotatable bonds is 17. The molecule has 2 heteroatoms. The molecule has 0 aromatic carbocycles. The summed E-state index contributed by atoms with van der Waals surface area (Å²) in [5, 5.41) is 0. The smallest absolute Gasteiger partial charge is 0.0351 e. The molecule has 0 radical (unpaired) electrons. The van der Waals surface area contributed by atoms with Crippen LogP contribution in [0.25, 0.3) is 0 Å². The molecule has 0 aliphatic heterocycles. The zero-order valence-corrected chi connectivity index (χ0v) is 16.6. The van der Waals surface area contributed by atoms with E-state index in [0.29, 0.717) is 0 Å². The van der Waals surface area contributed by atoms with Crippen molar-refractivity contribution in [3.05, 3.63) is 12.2 Å². The number of allylic oxidation sites excluding steroid dienone is 2. The molecule has 0 spiro atoms. The third-order valence-electron chi connectivity index (χ3n) is 4.46. The van der Waals surface area contributed by atoms with Crippen LogP contribution in [0.5, 0.6) is 0 Å². The lowest BCUT2D eigenvalue weighted by Gasteiger charge is -2.03. The minimum atomic E-state index is 0. The van der Waals surface area contributed by atoms with Gasteiger partial charge in [-0.15, -0.1) is 0 Å². The third kappa shape index (κ3) is 26.8. The minimum absolute atomic E-state index is 0. The quantitative estimate of drug-likeness (QED) is 0.207. The first-order valence-electron chi connectivity index (χ1n) is 10.0. The van der Waals surface area contributed by atoms with Crippen LogP contribution in [0.2, 0.25) is 0 Å². The van der Waals surface area contributed by atoms with Crippen LogP contribution in [0.4, 0.5) is 0 Å². The fraction of sp³-hybridized carbons (Fsp3) is 0.905. The van der Waals surface area contributed by atoms with Crippen LogP contribution in [0.3, 0.4) is 0 Å². The summed E-state index contributed by atoms with van der Waals surface area (Å²) in [7, 11) is 0. The van der Waals surface area contributed by atoms with E-state index in [9.17, 15) is 0 Å². The molecule has 0 aromatic heterocycles. The maximum atomic E-state index is 2.30. The Morgan fingerprint density at radius 1 is 0.478 bits per heavy atom. The summed E-state index contributed by atoms with van der Waals surface area (Å²) in [6, 6.07) is 0. The summed E-state index contributed by atoms with van der Waals surface area (Å²) in [5.41, 5.74) is 0. The maximum Gasteiger partial charge on any atom is -0.0351 e. The van der Waals surface area contributed by atoms with E-state index in [1.54, 1.807) is 0 Å². The highest BCUT2D eigenvalue weighted by molar-refractivity contribution is 4.76. The van der Waals surface area contributed by atoms with E-state index in [4.69, 9.17) is 0 Å². The van der Waals surface area contributed by atoms with Crippen molar-refractivity contribution in [2.24, 2.45) is 0 Å². The van der Waals surface area contributed by atoms with Crippen molar-refractivity contribution >= 4 is 0 Å². The Morgan fingerprint density at radius 3 is 1.09 bits per heavy atom. The van der Waals surface area contributed by atoms with Crippen LogP contribution in [0.15, 0.2) is 12.2 Å². The van der Waals surface area contributed by atoms with Crippen LogP contribution in [0, 0.1) is 0 Å². The van der Waals surface area contributed by atoms with E-state index in [1.807, 2.05) is 0 Å². The summed E-state index contributed by atoms with van der Waals surface area (Å²) in [6.45, 7) is 4.41. The Kier molecular flexibility index (Phi) is 31.8. The van der Waals surface area contributed by atoms with Gasteiger partial charge in [0.15, 0.2) is 0 Å². The molecule has 0 saturated heterocycles. The highest BCUT2D eigenvalue weighted by Gasteiger charge is 1.94. The Labute approximate surface area is 148 Å². The standard InChI is InChI=1S/C21H42.2H3N/c1-3-5-7-9-11-13-15-17-19-21-20-18-16-14-12-10-8-6-4-2;;/h3,5H,4,6-21H2,1-2H3;2*1H3/b5-3+;;. The van der Waals surface area contributed by atoms with E-state index < -0.39 is 0 Å². The Bertz CT molecular complexity index is 202. The SMILES string of the molecule is C/C=C/CCCCCCCCCCCCCCCCCC.N.N. The summed E-state index contributed by atoms with van der Waals surface area (Å²) >= 11 is 0. The van der Waals surface area contributed by atoms with E-state index in [2.05, 4.69) is 26.0 Å². The number of unbranched alkanes of at least 4 members (excludes halogenated alkanes) is 16. The van der Waals surface area contributed by atoms with Crippen molar-refractivity contribution in [3.63, 3.8) is 0 Å². The Hall–Kier alpha value is -0.340. The molecule has 6 N–H and O–H groups in total. The molecule has 0 fully saturated rings. The van der Waals surface area contributed by atoms with E-state index >= 15 is 0 Å². The van der Waals surface area contributed by atoms with Gasteiger partial charge in [-0.25, -0.2) is 0 Å². The monoisotopic (exact) mass is 328 g/mol. The topological polar surface area (TPSA) is 70.0 Å². The van der Waals surface area contributed by atoms with Crippen molar-refractivity contribution < 1.29 is 0 Å². The van der Waals surface area contributed by atoms with Gasteiger partial charge in [-0.05, 0) is 19.8 Å². The lowest BCUT2D eigenvalue weighted by molar-refractivity contribution is 0.530. The molecule has 0 atom stereocenters. The number of hydrogen-bond donors (Lipinski definition) is 2. The van der Waals surface area contributed by atoms with Gasteiger partial charge < -0.3 is 12.3 Å². The van der Waals surface area contributed by atoms with Crippen LogP contribution in [-0.4, -0.2) is 0 Å². The van der Waals surface area contributed by atoms with E-state index in [1.165, 1.54) is 109 Å². The van der Waals surface area contributed by atoms with Gasteiger partial charge in [0.05, 0.1) is 0 Å². The lowest BCUT2D eigenvalue weighted by Crippen LogP contribution is -1.83. The largest absolute Gasteiger partial charge is 0.344 e. The summed E-state index contributed by atoms with van der Waals surface area (Å²) < 4.78 is 0. The second kappa shape index (κ2) is 26.6. The molecule has 0 aliphatic rings. The Morgan fingerprint density at radius 2 is 0.783 bits per heavy atom. The third-order valence-corrected chi connectivity index (χ3v) is 4.46. The van der Waals surface area contributed by atoms with Gasteiger partial charge in [-0.2, -0.15) is 0 Å². The zero-order valence-electron chi connectivity index (χ0n) is 16.6. The van der Waals surface area contributed by atoms with Crippen molar-refractivity contribution in [1.29, 1.82) is 0 Å². The molecule has 0 rings (SSSR count). The van der Waals surface area contributed by atoms with Gasteiger partial charge in [0.2, 0.25) is 0 Å². The average molecular weight is 329 g/mol. The first-order chi connectivity index (χ1) is 10.4. The highest BCUT2D eigenvalue weighted by Crippen LogP contribution is 2.13. The van der Waals surface area contributed by atoms with Gasteiger partial charge >= 0.3 is 0 Å². The molecule has 0 bridgehead atoms. The molecule has 0 unspecified atom stereocenters. The summed E-state index contributed by atoms with van der Waals surface area (Å²) in [4.78, 5) is 0. The van der Waals surface area contributed by atoms with Gasteiger partial charge in [0.25, 0.3) is 0 Å². The molecule has 2 nitrogen and oxygen atoms in total. The van der Waals surface area contributed by atoms with Gasteiger partial charge in [0.1, 0.15) is 0 Å². The molecular formula is C21H48N2. The van der Waals surface area contributed by atoms with E-state index in [-0.39, 0.29) is 12.3 Å². The molecule has 0 heterocycles. The van der Waals surface area contributed by atoms with E-state index in [0.717, 1.165) is 0 Å². The minimum Gasteiger partial charge on any atom is -0.344 e. The second-order valence-electron chi connectivity index (χ2n) is 6.66. The number of hydrogen-bond acceptors (Lipinski definition) is 2. The first-order valence-corrected chi connectivity index (χ1v) is 10.0. The van der Waals surface area contributed by atoms with Crippen LogP contribution >= 0.6 is 0 Å².